The van der Waals surface area contributed by atoms with Crippen LogP contribution in [0.15, 0.2) is 54.6 Å². The van der Waals surface area contributed by atoms with Crippen LogP contribution in [0.2, 0.25) is 0 Å². The lowest BCUT2D eigenvalue weighted by atomic mass is 9.82. The van der Waals surface area contributed by atoms with Crippen LogP contribution in [-0.4, -0.2) is 41.7 Å². The van der Waals surface area contributed by atoms with Crippen molar-refractivity contribution in [3.63, 3.8) is 0 Å². The van der Waals surface area contributed by atoms with Gasteiger partial charge >= 0.3 is 0 Å². The average molecular weight is 416 g/mol. The molecule has 158 valence electrons. The highest BCUT2D eigenvalue weighted by Crippen LogP contribution is 2.33. The van der Waals surface area contributed by atoms with E-state index in [1.807, 2.05) is 42.5 Å². The minimum absolute atomic E-state index is 0.0746. The first kappa shape index (κ1) is 19.4. The number of ether oxygens (including phenoxy) is 1. The van der Waals surface area contributed by atoms with Crippen molar-refractivity contribution < 1.29 is 14.3 Å². The van der Waals surface area contributed by atoms with Crippen LogP contribution in [0.25, 0.3) is 0 Å². The molecule has 0 saturated carbocycles. The van der Waals surface area contributed by atoms with Crippen molar-refractivity contribution in [3.05, 3.63) is 77.1 Å². The van der Waals surface area contributed by atoms with Gasteiger partial charge in [-0.15, -0.1) is 0 Å². The zero-order valence-corrected chi connectivity index (χ0v) is 17.3. The minimum Gasteiger partial charge on any atom is -0.489 e. The summed E-state index contributed by atoms with van der Waals surface area (Å²) < 4.78 is 5.80. The standard InChI is InChI=1S/C24H24N4O3/c1-28-20-9-5-6-10-21(20)31-14-19(24(28)30)25-23(29)22-17-13-16(11-12-18(17)26-27-22)15-7-3-2-4-8-15/h2-10,16,19H,11-14H2,1H3,(H,25,29)(H,26,27)/t16?,19-/m0/s1. The third kappa shape index (κ3) is 3.56. The molecule has 7 nitrogen and oxygen atoms in total. The zero-order valence-electron chi connectivity index (χ0n) is 17.3. The van der Waals surface area contributed by atoms with Gasteiger partial charge < -0.3 is 15.0 Å². The summed E-state index contributed by atoms with van der Waals surface area (Å²) in [6, 6.07) is 16.9. The highest BCUT2D eigenvalue weighted by atomic mass is 16.5. The summed E-state index contributed by atoms with van der Waals surface area (Å²) in [7, 11) is 1.69. The number of fused-ring (bicyclic) bond motifs is 2. The van der Waals surface area contributed by atoms with E-state index >= 15 is 0 Å². The molecule has 2 atom stereocenters. The Hall–Kier alpha value is -3.61. The molecule has 0 radical (unpaired) electrons. The molecule has 2 heterocycles. The van der Waals surface area contributed by atoms with Crippen molar-refractivity contribution in [1.29, 1.82) is 0 Å². The van der Waals surface area contributed by atoms with E-state index in [-0.39, 0.29) is 18.4 Å². The number of H-pyrrole nitrogens is 1. The number of carbonyl (C=O) groups excluding carboxylic acids is 2. The number of nitrogens with one attached hydrogen (secondary N) is 2. The molecule has 2 aromatic carbocycles. The van der Waals surface area contributed by atoms with Crippen molar-refractivity contribution in [3.8, 4) is 5.75 Å². The maximum Gasteiger partial charge on any atom is 0.272 e. The summed E-state index contributed by atoms with van der Waals surface area (Å²) in [5.74, 6) is 0.400. The normalized spacial score (nSPS) is 20.3. The van der Waals surface area contributed by atoms with Crippen molar-refractivity contribution in [2.75, 3.05) is 18.6 Å². The van der Waals surface area contributed by atoms with Crippen LogP contribution in [-0.2, 0) is 17.6 Å². The molecule has 2 amide bonds. The molecule has 31 heavy (non-hydrogen) atoms. The van der Waals surface area contributed by atoms with Gasteiger partial charge in [0.2, 0.25) is 0 Å². The molecule has 7 heteroatoms. The van der Waals surface area contributed by atoms with Crippen LogP contribution in [0.1, 0.15) is 39.6 Å². The van der Waals surface area contributed by atoms with Crippen molar-refractivity contribution in [2.45, 2.75) is 31.2 Å². The molecule has 5 rings (SSSR count). The number of para-hydroxylation sites is 2. The number of rotatable bonds is 3. The fourth-order valence-corrected chi connectivity index (χ4v) is 4.48. The summed E-state index contributed by atoms with van der Waals surface area (Å²) >= 11 is 0. The second kappa shape index (κ2) is 7.91. The predicted molar refractivity (Wildman–Crippen MR) is 116 cm³/mol. The Kier molecular flexibility index (Phi) is 4.94. The Bertz CT molecular complexity index is 1120. The number of hydrogen-bond acceptors (Lipinski definition) is 4. The lowest BCUT2D eigenvalue weighted by Gasteiger charge is -2.23. The second-order valence-electron chi connectivity index (χ2n) is 8.08. The van der Waals surface area contributed by atoms with Crippen LogP contribution >= 0.6 is 0 Å². The van der Waals surface area contributed by atoms with E-state index in [2.05, 4.69) is 27.6 Å². The molecular weight excluding hydrogens is 392 g/mol. The van der Waals surface area contributed by atoms with Crippen LogP contribution in [0.5, 0.6) is 5.75 Å². The molecule has 0 spiro atoms. The van der Waals surface area contributed by atoms with Crippen molar-refractivity contribution in [1.82, 2.24) is 15.5 Å². The van der Waals surface area contributed by atoms with E-state index in [1.165, 1.54) is 10.5 Å². The third-order valence-electron chi connectivity index (χ3n) is 6.20. The van der Waals surface area contributed by atoms with Gasteiger partial charge in [-0.1, -0.05) is 42.5 Å². The van der Waals surface area contributed by atoms with Gasteiger partial charge in [-0.2, -0.15) is 5.10 Å². The fourth-order valence-electron chi connectivity index (χ4n) is 4.48. The number of aromatic amines is 1. The molecule has 1 unspecified atom stereocenters. The van der Waals surface area contributed by atoms with Crippen molar-refractivity contribution in [2.24, 2.45) is 0 Å². The number of hydrogen-bond donors (Lipinski definition) is 2. The smallest absolute Gasteiger partial charge is 0.272 e. The van der Waals surface area contributed by atoms with Crippen LogP contribution < -0.4 is 15.0 Å². The van der Waals surface area contributed by atoms with Gasteiger partial charge in [0.05, 0.1) is 5.69 Å². The van der Waals surface area contributed by atoms with Gasteiger partial charge in [0.25, 0.3) is 11.8 Å². The van der Waals surface area contributed by atoms with E-state index in [0.717, 1.165) is 30.5 Å². The first-order valence-corrected chi connectivity index (χ1v) is 10.5. The number of nitrogens with zero attached hydrogens (tertiary/aromatic N) is 2. The monoisotopic (exact) mass is 416 g/mol. The topological polar surface area (TPSA) is 87.3 Å². The van der Waals surface area contributed by atoms with Crippen LogP contribution in [0.3, 0.4) is 0 Å². The predicted octanol–water partition coefficient (Wildman–Crippen LogP) is 2.84. The Morgan fingerprint density at radius 1 is 1.16 bits per heavy atom. The Morgan fingerprint density at radius 3 is 2.77 bits per heavy atom. The average Bonchev–Trinajstić information content (AvgIpc) is 3.20. The molecule has 1 aromatic heterocycles. The van der Waals surface area contributed by atoms with Gasteiger partial charge in [-0.25, -0.2) is 0 Å². The van der Waals surface area contributed by atoms with E-state index in [1.54, 1.807) is 7.05 Å². The van der Waals surface area contributed by atoms with Gasteiger partial charge in [0.1, 0.15) is 18.4 Å². The maximum absolute atomic E-state index is 13.1. The third-order valence-corrected chi connectivity index (χ3v) is 6.20. The quantitative estimate of drug-likeness (QED) is 0.687. The zero-order chi connectivity index (χ0) is 21.4. The van der Waals surface area contributed by atoms with E-state index in [0.29, 0.717) is 23.0 Å². The summed E-state index contributed by atoms with van der Waals surface area (Å²) in [5, 5.41) is 10.2. The van der Waals surface area contributed by atoms with Gasteiger partial charge in [-0.3, -0.25) is 14.7 Å². The molecule has 2 aliphatic rings. The Balaban J connectivity index is 1.34. The first-order chi connectivity index (χ1) is 15.1. The lowest BCUT2D eigenvalue weighted by molar-refractivity contribution is -0.120. The van der Waals surface area contributed by atoms with E-state index in [9.17, 15) is 9.59 Å². The minimum atomic E-state index is -0.786. The summed E-state index contributed by atoms with van der Waals surface area (Å²) in [6.07, 6.45) is 2.61. The second-order valence-corrected chi connectivity index (χ2v) is 8.08. The number of anilines is 1. The maximum atomic E-state index is 13.1. The highest BCUT2D eigenvalue weighted by Gasteiger charge is 2.33. The molecule has 0 saturated heterocycles. The summed E-state index contributed by atoms with van der Waals surface area (Å²) in [4.78, 5) is 27.6. The van der Waals surface area contributed by atoms with Gasteiger partial charge in [-0.05, 0) is 42.9 Å². The van der Waals surface area contributed by atoms with Crippen LogP contribution in [0, 0.1) is 0 Å². The number of aryl methyl sites for hydroxylation is 1. The summed E-state index contributed by atoms with van der Waals surface area (Å²) in [5.41, 5.74) is 4.27. The van der Waals surface area contributed by atoms with Gasteiger partial charge in [0, 0.05) is 18.3 Å². The molecule has 3 aromatic rings. The number of amides is 2. The SMILES string of the molecule is CN1C(=O)[C@@H](NC(=O)c2n[nH]c3c2CC(c2ccccc2)CC3)COc2ccccc21. The highest BCUT2D eigenvalue weighted by molar-refractivity contribution is 6.03. The summed E-state index contributed by atoms with van der Waals surface area (Å²) in [6.45, 7) is 0.0746. The number of likely N-dealkylation sites (N-methyl/N-ethyl adjacent to an activating group) is 1. The van der Waals surface area contributed by atoms with Crippen molar-refractivity contribution >= 4 is 17.5 Å². The Labute approximate surface area is 180 Å². The van der Waals surface area contributed by atoms with E-state index in [4.69, 9.17) is 4.74 Å². The molecule has 2 N–H and O–H groups in total. The number of aromatic nitrogens is 2. The number of carbonyl (C=O) groups is 2. The number of benzene rings is 2. The molecule has 1 aliphatic heterocycles. The largest absolute Gasteiger partial charge is 0.489 e. The molecule has 1 aliphatic carbocycles. The molecule has 0 bridgehead atoms. The fraction of sp³-hybridized carbons (Fsp3) is 0.292. The van der Waals surface area contributed by atoms with Gasteiger partial charge in [0.15, 0.2) is 5.69 Å². The first-order valence-electron chi connectivity index (χ1n) is 10.5. The Morgan fingerprint density at radius 2 is 1.94 bits per heavy atom. The lowest BCUT2D eigenvalue weighted by Crippen LogP contribution is -2.49. The molecular formula is C24H24N4O3. The van der Waals surface area contributed by atoms with E-state index < -0.39 is 6.04 Å². The molecule has 0 fully saturated rings. The van der Waals surface area contributed by atoms with Crippen LogP contribution in [0.4, 0.5) is 5.69 Å².